The average Bonchev–Trinajstić information content (AvgIpc) is 2.33. The molecule has 0 fully saturated rings. The SMILES string of the molecule is COc1cc(CN=C=O)c(OC)c(S(C)(=O)=O)c1. The second kappa shape index (κ2) is 5.66. The average molecular weight is 271 g/mol. The van der Waals surface area contributed by atoms with E-state index >= 15 is 0 Å². The van der Waals surface area contributed by atoms with Gasteiger partial charge >= 0.3 is 0 Å². The molecule has 1 rings (SSSR count). The molecule has 0 bridgehead atoms. The fourth-order valence-electron chi connectivity index (χ4n) is 1.49. The summed E-state index contributed by atoms with van der Waals surface area (Å²) in [4.78, 5) is 13.5. The van der Waals surface area contributed by atoms with Crippen LogP contribution in [0.3, 0.4) is 0 Å². The van der Waals surface area contributed by atoms with E-state index in [1.54, 1.807) is 6.07 Å². The van der Waals surface area contributed by atoms with Crippen molar-refractivity contribution in [3.8, 4) is 11.5 Å². The van der Waals surface area contributed by atoms with E-state index in [9.17, 15) is 13.2 Å². The van der Waals surface area contributed by atoms with Crippen molar-refractivity contribution in [2.24, 2.45) is 4.99 Å². The number of rotatable bonds is 5. The Morgan fingerprint density at radius 2 is 1.94 bits per heavy atom. The number of carbonyl (C=O) groups excluding carboxylic acids is 1. The molecule has 0 atom stereocenters. The molecule has 0 heterocycles. The molecule has 18 heavy (non-hydrogen) atoms. The molecule has 0 spiro atoms. The fourth-order valence-corrected chi connectivity index (χ4v) is 2.37. The Morgan fingerprint density at radius 3 is 2.39 bits per heavy atom. The van der Waals surface area contributed by atoms with Gasteiger partial charge in [0.25, 0.3) is 0 Å². The van der Waals surface area contributed by atoms with Gasteiger partial charge < -0.3 is 9.47 Å². The monoisotopic (exact) mass is 271 g/mol. The second-order valence-corrected chi connectivity index (χ2v) is 5.48. The zero-order valence-electron chi connectivity index (χ0n) is 10.3. The van der Waals surface area contributed by atoms with E-state index in [0.717, 1.165) is 6.26 Å². The molecule has 0 radical (unpaired) electrons. The molecular weight excluding hydrogens is 258 g/mol. The molecule has 0 aliphatic heterocycles. The molecule has 1 aromatic carbocycles. The van der Waals surface area contributed by atoms with Crippen LogP contribution in [0.5, 0.6) is 11.5 Å². The van der Waals surface area contributed by atoms with Crippen molar-refractivity contribution in [2.75, 3.05) is 20.5 Å². The summed E-state index contributed by atoms with van der Waals surface area (Å²) in [5.41, 5.74) is 0.445. The number of hydrogen-bond donors (Lipinski definition) is 0. The van der Waals surface area contributed by atoms with Crippen LogP contribution in [0.25, 0.3) is 0 Å². The highest BCUT2D eigenvalue weighted by atomic mass is 32.2. The Kier molecular flexibility index (Phi) is 4.47. The van der Waals surface area contributed by atoms with Crippen LogP contribution in [0.15, 0.2) is 22.0 Å². The highest BCUT2D eigenvalue weighted by Crippen LogP contribution is 2.33. The quantitative estimate of drug-likeness (QED) is 0.588. The van der Waals surface area contributed by atoms with Crippen molar-refractivity contribution in [2.45, 2.75) is 11.4 Å². The van der Waals surface area contributed by atoms with Gasteiger partial charge in [0.1, 0.15) is 16.4 Å². The lowest BCUT2D eigenvalue weighted by molar-refractivity contribution is 0.387. The predicted octanol–water partition coefficient (Wildman–Crippen LogP) is 0.943. The van der Waals surface area contributed by atoms with Gasteiger partial charge in [-0.1, -0.05) is 0 Å². The Balaban J connectivity index is 3.54. The maximum Gasteiger partial charge on any atom is 0.235 e. The third kappa shape index (κ3) is 3.09. The van der Waals surface area contributed by atoms with Crippen LogP contribution in [-0.4, -0.2) is 35.0 Å². The highest BCUT2D eigenvalue weighted by Gasteiger charge is 2.19. The first kappa shape index (κ1) is 14.2. The summed E-state index contributed by atoms with van der Waals surface area (Å²) in [5.74, 6) is 0.518. The van der Waals surface area contributed by atoms with Crippen molar-refractivity contribution in [3.63, 3.8) is 0 Å². The normalized spacial score (nSPS) is 10.6. The summed E-state index contributed by atoms with van der Waals surface area (Å²) in [7, 11) is -0.702. The Hall–Kier alpha value is -1.85. The number of aliphatic imine (C=N–C) groups is 1. The fraction of sp³-hybridized carbons (Fsp3) is 0.364. The number of nitrogens with zero attached hydrogens (tertiary/aromatic N) is 1. The molecule has 0 saturated carbocycles. The van der Waals surface area contributed by atoms with Gasteiger partial charge in [-0.05, 0) is 6.07 Å². The maximum absolute atomic E-state index is 11.7. The van der Waals surface area contributed by atoms with E-state index < -0.39 is 9.84 Å². The van der Waals surface area contributed by atoms with E-state index in [4.69, 9.17) is 9.47 Å². The van der Waals surface area contributed by atoms with Gasteiger partial charge in [0.15, 0.2) is 9.84 Å². The molecule has 0 aliphatic carbocycles. The molecule has 6 nitrogen and oxygen atoms in total. The van der Waals surface area contributed by atoms with E-state index in [-0.39, 0.29) is 17.2 Å². The van der Waals surface area contributed by atoms with E-state index in [1.165, 1.54) is 26.4 Å². The zero-order valence-corrected chi connectivity index (χ0v) is 11.1. The van der Waals surface area contributed by atoms with Crippen LogP contribution < -0.4 is 9.47 Å². The summed E-state index contributed by atoms with van der Waals surface area (Å²) in [5, 5.41) is 0. The molecule has 98 valence electrons. The van der Waals surface area contributed by atoms with Crippen LogP contribution in [0.2, 0.25) is 0 Å². The maximum atomic E-state index is 11.7. The van der Waals surface area contributed by atoms with Gasteiger partial charge in [0.05, 0.1) is 20.8 Å². The third-order valence-electron chi connectivity index (χ3n) is 2.26. The minimum Gasteiger partial charge on any atom is -0.497 e. The molecule has 7 heteroatoms. The van der Waals surface area contributed by atoms with Crippen LogP contribution in [0.1, 0.15) is 5.56 Å². The Morgan fingerprint density at radius 1 is 1.28 bits per heavy atom. The molecular formula is C11H13NO5S. The summed E-state index contributed by atoms with van der Waals surface area (Å²) in [6.45, 7) is -0.0214. The van der Waals surface area contributed by atoms with E-state index in [1.807, 2.05) is 0 Å². The largest absolute Gasteiger partial charge is 0.497 e. The van der Waals surface area contributed by atoms with Crippen molar-refractivity contribution >= 4 is 15.9 Å². The van der Waals surface area contributed by atoms with Gasteiger partial charge in [-0.2, -0.15) is 0 Å². The van der Waals surface area contributed by atoms with Crippen molar-refractivity contribution in [1.29, 1.82) is 0 Å². The van der Waals surface area contributed by atoms with E-state index in [2.05, 4.69) is 4.99 Å². The third-order valence-corrected chi connectivity index (χ3v) is 3.36. The first-order valence-corrected chi connectivity index (χ1v) is 6.81. The minimum atomic E-state index is -3.47. The van der Waals surface area contributed by atoms with Gasteiger partial charge in [-0.15, -0.1) is 0 Å². The van der Waals surface area contributed by atoms with E-state index in [0.29, 0.717) is 11.3 Å². The first-order chi connectivity index (χ1) is 8.43. The first-order valence-electron chi connectivity index (χ1n) is 4.92. The lowest BCUT2D eigenvalue weighted by Crippen LogP contribution is -2.04. The number of methoxy groups -OCH3 is 2. The molecule has 0 aromatic heterocycles. The molecule has 1 aromatic rings. The number of sulfone groups is 1. The summed E-state index contributed by atoms with van der Waals surface area (Å²) >= 11 is 0. The Bertz CT molecular complexity index is 588. The van der Waals surface area contributed by atoms with Gasteiger partial charge in [0, 0.05) is 17.9 Å². The molecule has 0 amide bonds. The number of benzene rings is 1. The lowest BCUT2D eigenvalue weighted by Gasteiger charge is -2.13. The minimum absolute atomic E-state index is 0.000416. The van der Waals surface area contributed by atoms with Crippen molar-refractivity contribution < 1.29 is 22.7 Å². The van der Waals surface area contributed by atoms with Crippen LogP contribution in [-0.2, 0) is 21.2 Å². The number of isocyanates is 1. The van der Waals surface area contributed by atoms with Gasteiger partial charge in [-0.3, -0.25) is 0 Å². The highest BCUT2D eigenvalue weighted by molar-refractivity contribution is 7.90. The Labute approximate surface area is 105 Å². The smallest absolute Gasteiger partial charge is 0.235 e. The van der Waals surface area contributed by atoms with Gasteiger partial charge in [-0.25, -0.2) is 18.2 Å². The standard InChI is InChI=1S/C11H13NO5S/c1-16-9-4-8(6-12-7-13)11(17-2)10(5-9)18(3,14)15/h4-5H,6H2,1-3H3. The molecule has 0 unspecified atom stereocenters. The predicted molar refractivity (Wildman–Crippen MR) is 64.5 cm³/mol. The van der Waals surface area contributed by atoms with Gasteiger partial charge in [0.2, 0.25) is 6.08 Å². The van der Waals surface area contributed by atoms with Crippen LogP contribution >= 0.6 is 0 Å². The van der Waals surface area contributed by atoms with Crippen molar-refractivity contribution in [1.82, 2.24) is 0 Å². The molecule has 0 N–H and O–H groups in total. The zero-order chi connectivity index (χ0) is 13.8. The summed E-state index contributed by atoms with van der Waals surface area (Å²) < 4.78 is 33.4. The second-order valence-electron chi connectivity index (χ2n) is 3.50. The van der Waals surface area contributed by atoms with Crippen LogP contribution in [0.4, 0.5) is 0 Å². The summed E-state index contributed by atoms with van der Waals surface area (Å²) in [6, 6.07) is 2.93. The number of hydrogen-bond acceptors (Lipinski definition) is 6. The lowest BCUT2D eigenvalue weighted by atomic mass is 10.2. The molecule has 0 aliphatic rings. The van der Waals surface area contributed by atoms with Crippen molar-refractivity contribution in [3.05, 3.63) is 17.7 Å². The topological polar surface area (TPSA) is 82.0 Å². The molecule has 0 saturated heterocycles. The summed E-state index contributed by atoms with van der Waals surface area (Å²) in [6.07, 6.45) is 2.46. The van der Waals surface area contributed by atoms with Crippen LogP contribution in [0, 0.1) is 0 Å². The number of ether oxygens (including phenoxy) is 2.